The maximum atomic E-state index is 12.4. The molecule has 0 aliphatic carbocycles. The van der Waals surface area contributed by atoms with Gasteiger partial charge in [-0.2, -0.15) is 5.26 Å². The molecule has 32 heavy (non-hydrogen) atoms. The Morgan fingerprint density at radius 2 is 1.78 bits per heavy atom. The first-order valence-electron chi connectivity index (χ1n) is 10.1. The van der Waals surface area contributed by atoms with Gasteiger partial charge in [0.1, 0.15) is 23.3 Å². The highest BCUT2D eigenvalue weighted by Crippen LogP contribution is 2.26. The second kappa shape index (κ2) is 10.8. The molecular weight excluding hydrogens is 404 g/mol. The first-order chi connectivity index (χ1) is 15.5. The molecule has 0 radical (unpaired) electrons. The minimum absolute atomic E-state index is 0.00757. The van der Waals surface area contributed by atoms with Gasteiger partial charge in [-0.05, 0) is 68.2 Å². The molecule has 0 aliphatic rings. The Labute approximate surface area is 188 Å². The van der Waals surface area contributed by atoms with Crippen LogP contribution in [-0.2, 0) is 0 Å². The van der Waals surface area contributed by atoms with Crippen molar-refractivity contribution in [1.29, 1.82) is 5.26 Å². The number of rotatable bonds is 8. The molecule has 0 saturated carbocycles. The zero-order valence-corrected chi connectivity index (χ0v) is 18.3. The predicted molar refractivity (Wildman–Crippen MR) is 124 cm³/mol. The SMILES string of the molecule is COc1cccc(C(CNC(=O)Nc2ccc(Oc3ccccc3C#N)cc2)N(C)C)c1. The van der Waals surface area contributed by atoms with Gasteiger partial charge in [-0.15, -0.1) is 0 Å². The minimum atomic E-state index is -0.303. The number of ether oxygens (including phenoxy) is 2. The van der Waals surface area contributed by atoms with Crippen LogP contribution in [0.2, 0.25) is 0 Å². The first-order valence-corrected chi connectivity index (χ1v) is 10.1. The number of anilines is 1. The quantitative estimate of drug-likeness (QED) is 0.537. The number of hydrogen-bond donors (Lipinski definition) is 2. The molecule has 0 aromatic heterocycles. The summed E-state index contributed by atoms with van der Waals surface area (Å²) < 4.78 is 11.1. The summed E-state index contributed by atoms with van der Waals surface area (Å²) >= 11 is 0. The third kappa shape index (κ3) is 6.00. The number of nitrogens with zero attached hydrogens (tertiary/aromatic N) is 2. The molecule has 7 heteroatoms. The van der Waals surface area contributed by atoms with Gasteiger partial charge in [-0.3, -0.25) is 0 Å². The highest BCUT2D eigenvalue weighted by molar-refractivity contribution is 5.89. The summed E-state index contributed by atoms with van der Waals surface area (Å²) in [6.07, 6.45) is 0. The molecule has 1 atom stereocenters. The highest BCUT2D eigenvalue weighted by atomic mass is 16.5. The maximum absolute atomic E-state index is 12.4. The largest absolute Gasteiger partial charge is 0.497 e. The van der Waals surface area contributed by atoms with E-state index in [4.69, 9.17) is 14.7 Å². The van der Waals surface area contributed by atoms with Crippen LogP contribution in [0.1, 0.15) is 17.2 Å². The summed E-state index contributed by atoms with van der Waals surface area (Å²) in [5.41, 5.74) is 2.14. The van der Waals surface area contributed by atoms with Crippen molar-refractivity contribution < 1.29 is 14.3 Å². The van der Waals surface area contributed by atoms with Crippen LogP contribution in [0.3, 0.4) is 0 Å². The van der Waals surface area contributed by atoms with Crippen LogP contribution in [0.15, 0.2) is 72.8 Å². The number of hydrogen-bond acceptors (Lipinski definition) is 5. The smallest absolute Gasteiger partial charge is 0.319 e. The van der Waals surface area contributed by atoms with Gasteiger partial charge >= 0.3 is 6.03 Å². The van der Waals surface area contributed by atoms with Gasteiger partial charge in [-0.25, -0.2) is 4.79 Å². The van der Waals surface area contributed by atoms with E-state index in [2.05, 4.69) is 16.7 Å². The lowest BCUT2D eigenvalue weighted by molar-refractivity contribution is 0.243. The van der Waals surface area contributed by atoms with Crippen molar-refractivity contribution in [2.75, 3.05) is 33.1 Å². The Morgan fingerprint density at radius 3 is 2.47 bits per heavy atom. The van der Waals surface area contributed by atoms with Crippen molar-refractivity contribution in [1.82, 2.24) is 10.2 Å². The normalized spacial score (nSPS) is 11.3. The lowest BCUT2D eigenvalue weighted by Crippen LogP contribution is -2.36. The molecule has 3 aromatic rings. The fourth-order valence-corrected chi connectivity index (χ4v) is 3.19. The van der Waals surface area contributed by atoms with Crippen LogP contribution in [0, 0.1) is 11.3 Å². The van der Waals surface area contributed by atoms with Crippen LogP contribution in [0.4, 0.5) is 10.5 Å². The number of carbonyl (C=O) groups excluding carboxylic acids is 1. The third-order valence-corrected chi connectivity index (χ3v) is 4.91. The Balaban J connectivity index is 1.57. The summed E-state index contributed by atoms with van der Waals surface area (Å²) in [5, 5.41) is 14.9. The van der Waals surface area contributed by atoms with Gasteiger partial charge in [0.05, 0.1) is 18.7 Å². The number of nitriles is 1. The molecule has 0 saturated heterocycles. The molecule has 2 amide bonds. The number of nitrogens with one attached hydrogen (secondary N) is 2. The van der Waals surface area contributed by atoms with Crippen molar-refractivity contribution in [3.8, 4) is 23.3 Å². The molecule has 3 rings (SSSR count). The molecule has 0 heterocycles. The molecule has 1 unspecified atom stereocenters. The number of carbonyl (C=O) groups is 1. The van der Waals surface area contributed by atoms with E-state index in [1.165, 1.54) is 0 Å². The summed E-state index contributed by atoms with van der Waals surface area (Å²) in [4.78, 5) is 14.5. The van der Waals surface area contributed by atoms with Crippen molar-refractivity contribution in [2.45, 2.75) is 6.04 Å². The number of methoxy groups -OCH3 is 1. The monoisotopic (exact) mass is 430 g/mol. The fourth-order valence-electron chi connectivity index (χ4n) is 3.19. The Kier molecular flexibility index (Phi) is 7.68. The Bertz CT molecular complexity index is 1090. The summed E-state index contributed by atoms with van der Waals surface area (Å²) in [7, 11) is 5.56. The number of urea groups is 1. The van der Waals surface area contributed by atoms with Crippen molar-refractivity contribution in [3.05, 3.63) is 83.9 Å². The zero-order valence-electron chi connectivity index (χ0n) is 18.3. The topological polar surface area (TPSA) is 86.6 Å². The maximum Gasteiger partial charge on any atom is 0.319 e. The van der Waals surface area contributed by atoms with Crippen LogP contribution in [0.25, 0.3) is 0 Å². The lowest BCUT2D eigenvalue weighted by Gasteiger charge is -2.25. The lowest BCUT2D eigenvalue weighted by atomic mass is 10.1. The zero-order chi connectivity index (χ0) is 22.9. The summed E-state index contributed by atoms with van der Waals surface area (Å²) in [5.74, 6) is 1.84. The summed E-state index contributed by atoms with van der Waals surface area (Å²) in [6.45, 7) is 0.429. The van der Waals surface area contributed by atoms with Crippen LogP contribution in [0.5, 0.6) is 17.2 Å². The van der Waals surface area contributed by atoms with Gasteiger partial charge in [0.25, 0.3) is 0 Å². The fraction of sp³-hybridized carbons (Fsp3) is 0.200. The molecule has 164 valence electrons. The molecule has 7 nitrogen and oxygen atoms in total. The van der Waals surface area contributed by atoms with Gasteiger partial charge in [0.2, 0.25) is 0 Å². The van der Waals surface area contributed by atoms with E-state index in [9.17, 15) is 4.79 Å². The van der Waals surface area contributed by atoms with Crippen molar-refractivity contribution in [3.63, 3.8) is 0 Å². The van der Waals surface area contributed by atoms with Crippen LogP contribution < -0.4 is 20.1 Å². The van der Waals surface area contributed by atoms with E-state index >= 15 is 0 Å². The third-order valence-electron chi connectivity index (χ3n) is 4.91. The molecule has 0 aliphatic heterocycles. The number of para-hydroxylation sites is 1. The molecule has 3 aromatic carbocycles. The number of benzene rings is 3. The standard InChI is InChI=1S/C25H26N4O3/c1-29(2)23(18-8-6-9-22(15-18)31-3)17-27-25(30)28-20-11-13-21(14-12-20)32-24-10-5-4-7-19(24)16-26/h4-15,23H,17H2,1-3H3,(H2,27,28,30). The van der Waals surface area contributed by atoms with Crippen molar-refractivity contribution >= 4 is 11.7 Å². The summed E-state index contributed by atoms with van der Waals surface area (Å²) in [6, 6.07) is 23.6. The molecule has 2 N–H and O–H groups in total. The number of amides is 2. The molecule has 0 spiro atoms. The van der Waals surface area contributed by atoms with E-state index in [1.54, 1.807) is 49.6 Å². The molecular formula is C25H26N4O3. The van der Waals surface area contributed by atoms with Crippen LogP contribution >= 0.6 is 0 Å². The van der Waals surface area contributed by atoms with Crippen molar-refractivity contribution in [2.24, 2.45) is 0 Å². The minimum Gasteiger partial charge on any atom is -0.497 e. The van der Waals surface area contributed by atoms with Gasteiger partial charge in [0.15, 0.2) is 0 Å². The highest BCUT2D eigenvalue weighted by Gasteiger charge is 2.16. The van der Waals surface area contributed by atoms with E-state index in [0.717, 1.165) is 11.3 Å². The average Bonchev–Trinajstić information content (AvgIpc) is 2.81. The van der Waals surface area contributed by atoms with E-state index < -0.39 is 0 Å². The van der Waals surface area contributed by atoms with Gasteiger partial charge in [0, 0.05) is 12.2 Å². The van der Waals surface area contributed by atoms with E-state index in [0.29, 0.717) is 29.3 Å². The van der Waals surface area contributed by atoms with E-state index in [-0.39, 0.29) is 12.1 Å². The molecule has 0 fully saturated rings. The van der Waals surface area contributed by atoms with E-state index in [1.807, 2.05) is 49.3 Å². The Hall–Kier alpha value is -4.02. The predicted octanol–water partition coefficient (Wildman–Crippen LogP) is 4.78. The average molecular weight is 431 g/mol. The Morgan fingerprint density at radius 1 is 1.03 bits per heavy atom. The van der Waals surface area contributed by atoms with Crippen LogP contribution in [-0.4, -0.2) is 38.7 Å². The van der Waals surface area contributed by atoms with Gasteiger partial charge in [-0.1, -0.05) is 24.3 Å². The second-order valence-electron chi connectivity index (χ2n) is 7.33. The van der Waals surface area contributed by atoms with Gasteiger partial charge < -0.3 is 25.0 Å². The second-order valence-corrected chi connectivity index (χ2v) is 7.33. The molecule has 0 bridgehead atoms. The number of likely N-dealkylation sites (N-methyl/N-ethyl adjacent to an activating group) is 1. The first kappa shape index (κ1) is 22.7.